The molecule has 19 heavy (non-hydrogen) atoms. The second kappa shape index (κ2) is 6.86. The average Bonchev–Trinajstić information content (AvgIpc) is 2.47. The minimum absolute atomic E-state index is 0.0974. The van der Waals surface area contributed by atoms with Crippen molar-refractivity contribution in [2.24, 2.45) is 0 Å². The first-order chi connectivity index (χ1) is 9.25. The molecule has 0 fully saturated rings. The van der Waals surface area contributed by atoms with Gasteiger partial charge in [-0.2, -0.15) is 0 Å². The zero-order valence-corrected chi connectivity index (χ0v) is 10.8. The third kappa shape index (κ3) is 4.34. The molecule has 0 radical (unpaired) electrons. The standard InChI is InChI=1S/C17H18O2/c18-16(12-11-14-7-3-1-4-8-14)13-17(19)15-9-5-2-6-10-15/h1-10,17,19H,11-13H2. The molecule has 0 saturated heterocycles. The van der Waals surface area contributed by atoms with Gasteiger partial charge in [-0.1, -0.05) is 60.7 Å². The van der Waals surface area contributed by atoms with E-state index in [2.05, 4.69) is 0 Å². The summed E-state index contributed by atoms with van der Waals surface area (Å²) in [4.78, 5) is 11.8. The highest BCUT2D eigenvalue weighted by Gasteiger charge is 2.12. The van der Waals surface area contributed by atoms with Gasteiger partial charge in [0, 0.05) is 12.8 Å². The van der Waals surface area contributed by atoms with E-state index < -0.39 is 6.10 Å². The third-order valence-electron chi connectivity index (χ3n) is 3.14. The minimum Gasteiger partial charge on any atom is -0.388 e. The third-order valence-corrected chi connectivity index (χ3v) is 3.14. The molecule has 0 aliphatic heterocycles. The van der Waals surface area contributed by atoms with E-state index >= 15 is 0 Å². The lowest BCUT2D eigenvalue weighted by Crippen LogP contribution is -2.07. The molecular formula is C17H18O2. The first-order valence-corrected chi connectivity index (χ1v) is 6.54. The molecule has 2 nitrogen and oxygen atoms in total. The van der Waals surface area contributed by atoms with E-state index in [9.17, 15) is 9.90 Å². The molecule has 2 rings (SSSR count). The Morgan fingerprint density at radius 3 is 2.16 bits per heavy atom. The largest absolute Gasteiger partial charge is 0.388 e. The number of Topliss-reactive ketones (excluding diaryl/α,β-unsaturated/α-hetero) is 1. The Kier molecular flexibility index (Phi) is 4.87. The number of hydrogen-bond donors (Lipinski definition) is 1. The van der Waals surface area contributed by atoms with Gasteiger partial charge in [-0.25, -0.2) is 0 Å². The van der Waals surface area contributed by atoms with E-state index in [-0.39, 0.29) is 12.2 Å². The molecule has 0 spiro atoms. The summed E-state index contributed by atoms with van der Waals surface area (Å²) < 4.78 is 0. The molecule has 0 saturated carbocycles. The van der Waals surface area contributed by atoms with Crippen LogP contribution in [0.5, 0.6) is 0 Å². The lowest BCUT2D eigenvalue weighted by atomic mass is 10.0. The predicted octanol–water partition coefficient (Wildman–Crippen LogP) is 3.31. The van der Waals surface area contributed by atoms with E-state index in [0.29, 0.717) is 6.42 Å². The van der Waals surface area contributed by atoms with Crippen LogP contribution in [0.2, 0.25) is 0 Å². The van der Waals surface area contributed by atoms with Crippen molar-refractivity contribution in [3.8, 4) is 0 Å². The highest BCUT2D eigenvalue weighted by molar-refractivity contribution is 5.79. The van der Waals surface area contributed by atoms with Gasteiger partial charge in [-0.05, 0) is 17.5 Å². The van der Waals surface area contributed by atoms with Crippen molar-refractivity contribution in [1.29, 1.82) is 0 Å². The van der Waals surface area contributed by atoms with Crippen LogP contribution in [0.3, 0.4) is 0 Å². The maximum Gasteiger partial charge on any atom is 0.136 e. The Balaban J connectivity index is 1.82. The fraction of sp³-hybridized carbons (Fsp3) is 0.235. The Morgan fingerprint density at radius 1 is 0.947 bits per heavy atom. The smallest absolute Gasteiger partial charge is 0.136 e. The van der Waals surface area contributed by atoms with Crippen LogP contribution in [-0.4, -0.2) is 10.9 Å². The summed E-state index contributed by atoms with van der Waals surface area (Å²) in [7, 11) is 0. The molecule has 98 valence electrons. The van der Waals surface area contributed by atoms with Crippen LogP contribution in [-0.2, 0) is 11.2 Å². The lowest BCUT2D eigenvalue weighted by molar-refractivity contribution is -0.121. The minimum atomic E-state index is -0.690. The number of ketones is 1. The number of carbonyl (C=O) groups is 1. The number of benzene rings is 2. The van der Waals surface area contributed by atoms with Crippen LogP contribution in [0.1, 0.15) is 30.1 Å². The molecule has 1 N–H and O–H groups in total. The Hall–Kier alpha value is -1.93. The van der Waals surface area contributed by atoms with Gasteiger partial charge >= 0.3 is 0 Å². The monoisotopic (exact) mass is 254 g/mol. The summed E-state index contributed by atoms with van der Waals surface area (Å²) in [5.74, 6) is 0.0974. The second-order valence-electron chi connectivity index (χ2n) is 4.65. The summed E-state index contributed by atoms with van der Waals surface area (Å²) >= 11 is 0. The van der Waals surface area contributed by atoms with Crippen molar-refractivity contribution in [1.82, 2.24) is 0 Å². The maximum atomic E-state index is 11.8. The van der Waals surface area contributed by atoms with Crippen molar-refractivity contribution in [2.45, 2.75) is 25.4 Å². The normalized spacial score (nSPS) is 12.1. The first-order valence-electron chi connectivity index (χ1n) is 6.54. The molecule has 0 aromatic heterocycles. The van der Waals surface area contributed by atoms with Crippen molar-refractivity contribution in [3.63, 3.8) is 0 Å². The Labute approximate surface area is 113 Å². The van der Waals surface area contributed by atoms with Gasteiger partial charge in [0.1, 0.15) is 5.78 Å². The molecule has 2 aromatic rings. The van der Waals surface area contributed by atoms with Gasteiger partial charge in [-0.3, -0.25) is 4.79 Å². The number of aryl methyl sites for hydroxylation is 1. The highest BCUT2D eigenvalue weighted by atomic mass is 16.3. The molecule has 0 aliphatic rings. The molecule has 0 bridgehead atoms. The average molecular weight is 254 g/mol. The van der Waals surface area contributed by atoms with Gasteiger partial charge in [0.15, 0.2) is 0 Å². The molecule has 1 atom stereocenters. The number of aliphatic hydroxyl groups excluding tert-OH is 1. The number of aliphatic hydroxyl groups is 1. The van der Waals surface area contributed by atoms with Crippen LogP contribution >= 0.6 is 0 Å². The van der Waals surface area contributed by atoms with Crippen molar-refractivity contribution >= 4 is 5.78 Å². The molecule has 2 aromatic carbocycles. The van der Waals surface area contributed by atoms with E-state index in [1.165, 1.54) is 0 Å². The van der Waals surface area contributed by atoms with Gasteiger partial charge in [-0.15, -0.1) is 0 Å². The Morgan fingerprint density at radius 2 is 1.53 bits per heavy atom. The fourth-order valence-electron chi connectivity index (χ4n) is 2.04. The summed E-state index contributed by atoms with van der Waals surface area (Å²) in [5, 5.41) is 9.97. The first kappa shape index (κ1) is 13.5. The van der Waals surface area contributed by atoms with Gasteiger partial charge in [0.2, 0.25) is 0 Å². The number of hydrogen-bond acceptors (Lipinski definition) is 2. The van der Waals surface area contributed by atoms with Crippen molar-refractivity contribution < 1.29 is 9.90 Å². The van der Waals surface area contributed by atoms with E-state index in [1.807, 2.05) is 60.7 Å². The number of rotatable bonds is 6. The summed E-state index contributed by atoms with van der Waals surface area (Å²) in [6.45, 7) is 0. The van der Waals surface area contributed by atoms with Gasteiger partial charge < -0.3 is 5.11 Å². The van der Waals surface area contributed by atoms with Crippen LogP contribution < -0.4 is 0 Å². The van der Waals surface area contributed by atoms with Gasteiger partial charge in [0.05, 0.1) is 6.10 Å². The molecule has 0 amide bonds. The zero-order chi connectivity index (χ0) is 13.5. The topological polar surface area (TPSA) is 37.3 Å². The number of carbonyl (C=O) groups excluding carboxylic acids is 1. The van der Waals surface area contributed by atoms with Crippen LogP contribution in [0, 0.1) is 0 Å². The molecule has 1 unspecified atom stereocenters. The predicted molar refractivity (Wildman–Crippen MR) is 75.8 cm³/mol. The fourth-order valence-corrected chi connectivity index (χ4v) is 2.04. The van der Waals surface area contributed by atoms with E-state index in [0.717, 1.165) is 17.5 Å². The van der Waals surface area contributed by atoms with E-state index in [4.69, 9.17) is 0 Å². The Bertz CT molecular complexity index is 505. The quantitative estimate of drug-likeness (QED) is 0.858. The second-order valence-corrected chi connectivity index (χ2v) is 4.65. The summed E-state index contributed by atoms with van der Waals surface area (Å²) in [6.07, 6.45) is 0.718. The zero-order valence-electron chi connectivity index (χ0n) is 10.8. The highest BCUT2D eigenvalue weighted by Crippen LogP contribution is 2.17. The van der Waals surface area contributed by atoms with Gasteiger partial charge in [0.25, 0.3) is 0 Å². The molecular weight excluding hydrogens is 236 g/mol. The molecule has 2 heteroatoms. The lowest BCUT2D eigenvalue weighted by Gasteiger charge is -2.09. The molecule has 0 aliphatic carbocycles. The summed E-state index contributed by atoms with van der Waals surface area (Å²) in [6, 6.07) is 19.3. The molecule has 0 heterocycles. The van der Waals surface area contributed by atoms with Crippen molar-refractivity contribution in [2.75, 3.05) is 0 Å². The summed E-state index contributed by atoms with van der Waals surface area (Å²) in [5.41, 5.74) is 1.96. The van der Waals surface area contributed by atoms with Crippen molar-refractivity contribution in [3.05, 3.63) is 71.8 Å². The van der Waals surface area contributed by atoms with Crippen LogP contribution in [0.15, 0.2) is 60.7 Å². The van der Waals surface area contributed by atoms with Crippen LogP contribution in [0.25, 0.3) is 0 Å². The SMILES string of the molecule is O=C(CCc1ccccc1)CC(O)c1ccccc1. The van der Waals surface area contributed by atoms with Crippen LogP contribution in [0.4, 0.5) is 0 Å². The van der Waals surface area contributed by atoms with E-state index in [1.54, 1.807) is 0 Å². The maximum absolute atomic E-state index is 11.8.